The zero-order valence-electron chi connectivity index (χ0n) is 16.6. The second-order valence-electron chi connectivity index (χ2n) is 7.96. The number of halogens is 1. The van der Waals surface area contributed by atoms with E-state index in [1.54, 1.807) is 31.5 Å². The van der Waals surface area contributed by atoms with E-state index in [0.29, 0.717) is 17.0 Å². The van der Waals surface area contributed by atoms with Gasteiger partial charge in [-0.1, -0.05) is 41.9 Å². The summed E-state index contributed by atoms with van der Waals surface area (Å²) in [6.07, 6.45) is -5.99. The van der Waals surface area contributed by atoms with Crippen LogP contribution in [-0.4, -0.2) is 69.9 Å². The van der Waals surface area contributed by atoms with Crippen LogP contribution >= 0.6 is 18.7 Å². The lowest BCUT2D eigenvalue weighted by Crippen LogP contribution is -2.63. The highest BCUT2D eigenvalue weighted by atomic mass is 35.5. The van der Waals surface area contributed by atoms with Crippen LogP contribution in [-0.2, 0) is 21.5 Å². The summed E-state index contributed by atoms with van der Waals surface area (Å²) in [4.78, 5) is 0. The molecule has 1 aliphatic heterocycles. The van der Waals surface area contributed by atoms with E-state index < -0.39 is 44.0 Å². The van der Waals surface area contributed by atoms with Crippen molar-refractivity contribution < 1.29 is 34.8 Å². The third-order valence-corrected chi connectivity index (χ3v) is 7.29. The SMILES string of the molecule is CP(C)(=O)c1ccc(Cc2cc([C@@]3(O)O[C@H](CO)[C@@H](O)[C@H](O)[C@H]3O)ccc2Cl)cc1. The van der Waals surface area contributed by atoms with Gasteiger partial charge in [-0.25, -0.2) is 0 Å². The van der Waals surface area contributed by atoms with Crippen molar-refractivity contribution in [1.29, 1.82) is 0 Å². The van der Waals surface area contributed by atoms with E-state index in [1.807, 2.05) is 12.1 Å². The summed E-state index contributed by atoms with van der Waals surface area (Å²) in [5.74, 6) is -2.34. The molecule has 164 valence electrons. The molecular weight excluding hydrogens is 431 g/mol. The zero-order chi connectivity index (χ0) is 22.3. The fraction of sp³-hybridized carbons (Fsp3) is 0.429. The first-order valence-corrected chi connectivity index (χ1v) is 12.4. The molecule has 7 nitrogen and oxygen atoms in total. The van der Waals surface area contributed by atoms with E-state index in [4.69, 9.17) is 16.3 Å². The maximum Gasteiger partial charge on any atom is 0.222 e. The topological polar surface area (TPSA) is 127 Å². The normalized spacial score (nSPS) is 29.7. The molecule has 0 aliphatic carbocycles. The average molecular weight is 457 g/mol. The minimum absolute atomic E-state index is 0.127. The molecule has 1 fully saturated rings. The van der Waals surface area contributed by atoms with Crippen molar-refractivity contribution in [1.82, 2.24) is 0 Å². The Kier molecular flexibility index (Phi) is 6.77. The van der Waals surface area contributed by atoms with Gasteiger partial charge in [-0.05, 0) is 43.0 Å². The summed E-state index contributed by atoms with van der Waals surface area (Å²) >= 11 is 6.32. The van der Waals surface area contributed by atoms with Crippen LogP contribution in [0.5, 0.6) is 0 Å². The van der Waals surface area contributed by atoms with Gasteiger partial charge in [0.2, 0.25) is 5.79 Å². The monoisotopic (exact) mass is 456 g/mol. The highest BCUT2D eigenvalue weighted by Gasteiger charge is 2.53. The first-order valence-electron chi connectivity index (χ1n) is 9.46. The lowest BCUT2D eigenvalue weighted by Gasteiger charge is -2.45. The number of rotatable bonds is 5. The Labute approximate surface area is 179 Å². The van der Waals surface area contributed by atoms with E-state index in [0.717, 1.165) is 10.9 Å². The number of ether oxygens (including phenoxy) is 1. The number of hydrogen-bond donors (Lipinski definition) is 5. The van der Waals surface area contributed by atoms with Crippen LogP contribution in [0.25, 0.3) is 0 Å². The molecule has 0 aromatic heterocycles. The second kappa shape index (κ2) is 8.69. The summed E-state index contributed by atoms with van der Waals surface area (Å²) in [5, 5.41) is 51.9. The Morgan fingerprint density at radius 3 is 2.27 bits per heavy atom. The number of aliphatic hydroxyl groups is 5. The Morgan fingerprint density at radius 1 is 1.07 bits per heavy atom. The van der Waals surface area contributed by atoms with Crippen LogP contribution in [0, 0.1) is 0 Å². The van der Waals surface area contributed by atoms with Gasteiger partial charge in [0.25, 0.3) is 0 Å². The number of hydrogen-bond acceptors (Lipinski definition) is 7. The Hall–Kier alpha value is -1.28. The van der Waals surface area contributed by atoms with Crippen molar-refractivity contribution in [2.24, 2.45) is 0 Å². The van der Waals surface area contributed by atoms with Crippen molar-refractivity contribution in [3.05, 3.63) is 64.2 Å². The third kappa shape index (κ3) is 4.49. The Balaban J connectivity index is 1.92. The zero-order valence-corrected chi connectivity index (χ0v) is 18.3. The van der Waals surface area contributed by atoms with Gasteiger partial charge < -0.3 is 34.8 Å². The molecule has 0 bridgehead atoms. The molecule has 1 aliphatic rings. The molecule has 9 heteroatoms. The quantitative estimate of drug-likeness (QED) is 0.421. The van der Waals surface area contributed by atoms with Gasteiger partial charge in [-0.15, -0.1) is 0 Å². The van der Waals surface area contributed by atoms with E-state index in [1.165, 1.54) is 12.1 Å². The van der Waals surface area contributed by atoms with Crippen LogP contribution in [0.1, 0.15) is 16.7 Å². The molecule has 0 radical (unpaired) electrons. The molecule has 3 rings (SSSR count). The van der Waals surface area contributed by atoms with Crippen molar-refractivity contribution in [3.8, 4) is 0 Å². The molecule has 30 heavy (non-hydrogen) atoms. The molecule has 5 atom stereocenters. The smallest absolute Gasteiger partial charge is 0.222 e. The van der Waals surface area contributed by atoms with E-state index in [9.17, 15) is 30.1 Å². The summed E-state index contributed by atoms with van der Waals surface area (Å²) < 4.78 is 17.6. The van der Waals surface area contributed by atoms with Crippen molar-refractivity contribution >= 4 is 24.0 Å². The fourth-order valence-corrected chi connectivity index (χ4v) is 4.57. The maximum atomic E-state index is 12.2. The van der Waals surface area contributed by atoms with Crippen molar-refractivity contribution in [2.45, 2.75) is 36.6 Å². The van der Waals surface area contributed by atoms with Crippen LogP contribution in [0.4, 0.5) is 0 Å². The van der Waals surface area contributed by atoms with Crippen molar-refractivity contribution in [3.63, 3.8) is 0 Å². The van der Waals surface area contributed by atoms with Crippen LogP contribution in [0.15, 0.2) is 42.5 Å². The number of benzene rings is 2. The van der Waals surface area contributed by atoms with E-state index in [-0.39, 0.29) is 5.56 Å². The lowest BCUT2D eigenvalue weighted by molar-refractivity contribution is -0.357. The van der Waals surface area contributed by atoms with Gasteiger partial charge >= 0.3 is 0 Å². The van der Waals surface area contributed by atoms with E-state index >= 15 is 0 Å². The minimum atomic E-state index is -2.36. The van der Waals surface area contributed by atoms with Gasteiger partial charge in [0, 0.05) is 15.9 Å². The largest absolute Gasteiger partial charge is 0.394 e. The first-order chi connectivity index (χ1) is 14.0. The van der Waals surface area contributed by atoms with Gasteiger partial charge in [-0.3, -0.25) is 0 Å². The highest BCUT2D eigenvalue weighted by Crippen LogP contribution is 2.38. The average Bonchev–Trinajstić information content (AvgIpc) is 2.70. The summed E-state index contributed by atoms with van der Waals surface area (Å²) in [7, 11) is -2.36. The summed E-state index contributed by atoms with van der Waals surface area (Å²) in [6.45, 7) is 2.74. The van der Waals surface area contributed by atoms with Gasteiger partial charge in [0.1, 0.15) is 31.6 Å². The number of aliphatic hydroxyl groups excluding tert-OH is 4. The Morgan fingerprint density at radius 2 is 1.70 bits per heavy atom. The molecule has 1 heterocycles. The molecule has 2 aromatic rings. The first kappa shape index (κ1) is 23.4. The van der Waals surface area contributed by atoms with Crippen molar-refractivity contribution in [2.75, 3.05) is 19.9 Å². The molecule has 1 saturated heterocycles. The second-order valence-corrected chi connectivity index (χ2v) is 11.6. The van der Waals surface area contributed by atoms with E-state index in [2.05, 4.69) is 0 Å². The summed E-state index contributed by atoms with van der Waals surface area (Å²) in [6, 6.07) is 11.8. The molecular formula is C21H26ClO7P. The highest BCUT2D eigenvalue weighted by molar-refractivity contribution is 7.70. The standard InChI is InChI=1S/C21H26ClO7P/c1-30(2,28)15-6-3-12(4-7-15)9-13-10-14(5-8-16(13)22)21(27)20(26)19(25)18(24)17(11-23)29-21/h3-8,10,17-20,23-27H,9,11H2,1-2H3/t17-,18-,19+,20-,21-/m1/s1. The van der Waals surface area contributed by atoms with Gasteiger partial charge in [0.15, 0.2) is 0 Å². The van der Waals surface area contributed by atoms with Crippen LogP contribution in [0.2, 0.25) is 5.02 Å². The maximum absolute atomic E-state index is 12.2. The lowest BCUT2D eigenvalue weighted by atomic mass is 9.87. The molecule has 2 aromatic carbocycles. The molecule has 5 N–H and O–H groups in total. The Bertz CT molecular complexity index is 943. The molecule has 0 amide bonds. The van der Waals surface area contributed by atoms with Gasteiger partial charge in [-0.2, -0.15) is 0 Å². The predicted octanol–water partition coefficient (Wildman–Crippen LogP) is 0.798. The molecule has 0 unspecified atom stereocenters. The molecule has 0 spiro atoms. The fourth-order valence-electron chi connectivity index (χ4n) is 3.52. The molecule has 0 saturated carbocycles. The third-order valence-electron chi connectivity index (χ3n) is 5.38. The predicted molar refractivity (Wildman–Crippen MR) is 114 cm³/mol. The summed E-state index contributed by atoms with van der Waals surface area (Å²) in [5.41, 5.74) is 1.65. The van der Waals surface area contributed by atoms with Crippen LogP contribution < -0.4 is 5.30 Å². The van der Waals surface area contributed by atoms with Gasteiger partial charge in [0.05, 0.1) is 6.61 Å². The van der Waals surface area contributed by atoms with Crippen LogP contribution in [0.3, 0.4) is 0 Å². The minimum Gasteiger partial charge on any atom is -0.394 e.